The predicted octanol–water partition coefficient (Wildman–Crippen LogP) is 2.02. The summed E-state index contributed by atoms with van der Waals surface area (Å²) in [6.45, 7) is 1.97. The summed E-state index contributed by atoms with van der Waals surface area (Å²) in [5.41, 5.74) is 1.71. The molecule has 20 heavy (non-hydrogen) atoms. The van der Waals surface area contributed by atoms with Gasteiger partial charge in [-0.15, -0.1) is 0 Å². The molecule has 0 fully saturated rings. The minimum atomic E-state index is -0.0956. The van der Waals surface area contributed by atoms with Crippen molar-refractivity contribution in [2.45, 2.75) is 18.2 Å². The number of hydrogen-bond donors (Lipinski definition) is 2. The Hall–Kier alpha value is -1.46. The summed E-state index contributed by atoms with van der Waals surface area (Å²) >= 11 is 1.55. The van der Waals surface area contributed by atoms with Crippen molar-refractivity contribution in [1.82, 2.24) is 9.88 Å². The number of hydrogen-bond acceptors (Lipinski definition) is 3. The molecule has 1 amide bonds. The summed E-state index contributed by atoms with van der Waals surface area (Å²) in [6, 6.07) is 7.76. The molecule has 2 N–H and O–H groups in total. The molecular formula is C15H20N2O2S. The number of aryl methyl sites for hydroxylation is 1. The maximum Gasteiger partial charge on any atom is 0.253 e. The highest BCUT2D eigenvalue weighted by Gasteiger charge is 2.20. The molecule has 0 spiro atoms. The molecule has 1 aromatic heterocycles. The van der Waals surface area contributed by atoms with E-state index in [9.17, 15) is 9.90 Å². The first-order chi connectivity index (χ1) is 9.58. The SMILES string of the molecule is CSC(CO)C(C)NC(=O)c1cn(C)c2ccccc12. The minimum Gasteiger partial charge on any atom is -0.395 e. The van der Waals surface area contributed by atoms with Crippen LogP contribution >= 0.6 is 11.8 Å². The van der Waals surface area contributed by atoms with Gasteiger partial charge < -0.3 is 15.0 Å². The van der Waals surface area contributed by atoms with Gasteiger partial charge in [0, 0.05) is 35.4 Å². The van der Waals surface area contributed by atoms with E-state index in [1.165, 1.54) is 0 Å². The molecule has 2 unspecified atom stereocenters. The summed E-state index contributed by atoms with van der Waals surface area (Å²) < 4.78 is 1.95. The smallest absolute Gasteiger partial charge is 0.253 e. The lowest BCUT2D eigenvalue weighted by molar-refractivity contribution is 0.0937. The molecule has 0 saturated carbocycles. The van der Waals surface area contributed by atoms with Gasteiger partial charge in [-0.25, -0.2) is 0 Å². The highest BCUT2D eigenvalue weighted by Crippen LogP contribution is 2.20. The van der Waals surface area contributed by atoms with E-state index in [-0.39, 0.29) is 23.8 Å². The van der Waals surface area contributed by atoms with Crippen LogP contribution in [0.2, 0.25) is 0 Å². The predicted molar refractivity (Wildman–Crippen MR) is 84.2 cm³/mol. The second-order valence-electron chi connectivity index (χ2n) is 4.89. The van der Waals surface area contributed by atoms with Gasteiger partial charge in [0.1, 0.15) is 0 Å². The van der Waals surface area contributed by atoms with Crippen molar-refractivity contribution in [2.24, 2.45) is 7.05 Å². The number of nitrogens with zero attached hydrogens (tertiary/aromatic N) is 1. The van der Waals surface area contributed by atoms with E-state index in [1.54, 1.807) is 11.8 Å². The quantitative estimate of drug-likeness (QED) is 0.886. The van der Waals surface area contributed by atoms with E-state index in [4.69, 9.17) is 0 Å². The van der Waals surface area contributed by atoms with Crippen LogP contribution in [0.3, 0.4) is 0 Å². The van der Waals surface area contributed by atoms with E-state index in [1.807, 2.05) is 55.3 Å². The second-order valence-corrected chi connectivity index (χ2v) is 5.97. The molecule has 0 aliphatic rings. The first kappa shape index (κ1) is 14.9. The third-order valence-electron chi connectivity index (χ3n) is 3.54. The minimum absolute atomic E-state index is 0.00827. The Bertz CT molecular complexity index is 605. The van der Waals surface area contributed by atoms with Crippen molar-refractivity contribution >= 4 is 28.6 Å². The van der Waals surface area contributed by atoms with Crippen LogP contribution in [-0.4, -0.2) is 39.7 Å². The highest BCUT2D eigenvalue weighted by molar-refractivity contribution is 7.99. The Morgan fingerprint density at radius 2 is 2.15 bits per heavy atom. The molecule has 108 valence electrons. The number of rotatable bonds is 5. The number of benzene rings is 1. The molecule has 5 heteroatoms. The molecule has 0 aliphatic heterocycles. The number of amides is 1. The van der Waals surface area contributed by atoms with Crippen LogP contribution in [0.5, 0.6) is 0 Å². The Kier molecular flexibility index (Phi) is 4.73. The van der Waals surface area contributed by atoms with Gasteiger partial charge in [0.2, 0.25) is 0 Å². The number of carbonyl (C=O) groups excluding carboxylic acids is 1. The van der Waals surface area contributed by atoms with E-state index < -0.39 is 0 Å². The molecule has 2 rings (SSSR count). The summed E-state index contributed by atoms with van der Waals surface area (Å²) in [5, 5.41) is 13.2. The highest BCUT2D eigenvalue weighted by atomic mass is 32.2. The van der Waals surface area contributed by atoms with Gasteiger partial charge in [-0.3, -0.25) is 4.79 Å². The van der Waals surface area contributed by atoms with E-state index in [0.29, 0.717) is 5.56 Å². The molecule has 0 aliphatic carbocycles. The normalized spacial score (nSPS) is 14.2. The molecule has 4 nitrogen and oxygen atoms in total. The number of para-hydroxylation sites is 1. The van der Waals surface area contributed by atoms with Gasteiger partial charge >= 0.3 is 0 Å². The maximum absolute atomic E-state index is 12.4. The van der Waals surface area contributed by atoms with Gasteiger partial charge in [-0.05, 0) is 19.2 Å². The van der Waals surface area contributed by atoms with Crippen molar-refractivity contribution in [3.05, 3.63) is 36.0 Å². The van der Waals surface area contributed by atoms with E-state index in [0.717, 1.165) is 10.9 Å². The van der Waals surface area contributed by atoms with Crippen molar-refractivity contribution in [3.63, 3.8) is 0 Å². The third kappa shape index (κ3) is 2.83. The zero-order chi connectivity index (χ0) is 14.7. The van der Waals surface area contributed by atoms with Gasteiger partial charge in [-0.1, -0.05) is 18.2 Å². The molecular weight excluding hydrogens is 272 g/mol. The summed E-state index contributed by atoms with van der Waals surface area (Å²) in [5.74, 6) is -0.0956. The third-order valence-corrected chi connectivity index (χ3v) is 4.70. The topological polar surface area (TPSA) is 54.3 Å². The lowest BCUT2D eigenvalue weighted by atomic mass is 10.1. The Balaban J connectivity index is 2.24. The monoisotopic (exact) mass is 292 g/mol. The van der Waals surface area contributed by atoms with Gasteiger partial charge in [0.15, 0.2) is 0 Å². The van der Waals surface area contributed by atoms with Crippen LogP contribution in [0.25, 0.3) is 10.9 Å². The number of fused-ring (bicyclic) bond motifs is 1. The number of nitrogens with one attached hydrogen (secondary N) is 1. The van der Waals surface area contributed by atoms with Crippen LogP contribution in [0.1, 0.15) is 17.3 Å². The zero-order valence-electron chi connectivity index (χ0n) is 12.0. The lowest BCUT2D eigenvalue weighted by Gasteiger charge is -2.21. The van der Waals surface area contributed by atoms with Crippen molar-refractivity contribution < 1.29 is 9.90 Å². The fourth-order valence-corrected chi connectivity index (χ4v) is 2.96. The molecule has 1 heterocycles. The van der Waals surface area contributed by atoms with Crippen LogP contribution < -0.4 is 5.32 Å². The van der Waals surface area contributed by atoms with E-state index in [2.05, 4.69) is 5.32 Å². The maximum atomic E-state index is 12.4. The van der Waals surface area contributed by atoms with Crippen molar-refractivity contribution in [3.8, 4) is 0 Å². The van der Waals surface area contributed by atoms with Gasteiger partial charge in [0.25, 0.3) is 5.91 Å². The average molecular weight is 292 g/mol. The summed E-state index contributed by atoms with van der Waals surface area (Å²) in [4.78, 5) is 12.4. The number of carbonyl (C=O) groups is 1. The Morgan fingerprint density at radius 1 is 1.45 bits per heavy atom. The fourth-order valence-electron chi connectivity index (χ4n) is 2.34. The number of thioether (sulfide) groups is 1. The van der Waals surface area contributed by atoms with Crippen LogP contribution in [0, 0.1) is 0 Å². The van der Waals surface area contributed by atoms with Gasteiger partial charge in [-0.2, -0.15) is 11.8 Å². The largest absolute Gasteiger partial charge is 0.395 e. The summed E-state index contributed by atoms with van der Waals surface area (Å²) in [6.07, 6.45) is 3.78. The van der Waals surface area contributed by atoms with Crippen LogP contribution in [0.15, 0.2) is 30.5 Å². The molecule has 1 aromatic carbocycles. The first-order valence-electron chi connectivity index (χ1n) is 6.57. The standard InChI is InChI=1S/C15H20N2O2S/c1-10(14(9-18)20-3)16-15(19)12-8-17(2)13-7-5-4-6-11(12)13/h4-8,10,14,18H,9H2,1-3H3,(H,16,19). The molecule has 0 saturated heterocycles. The average Bonchev–Trinajstić information content (AvgIpc) is 2.78. The van der Waals surface area contributed by atoms with Crippen molar-refractivity contribution in [1.29, 1.82) is 0 Å². The molecule has 2 atom stereocenters. The molecule has 0 radical (unpaired) electrons. The number of aromatic nitrogens is 1. The lowest BCUT2D eigenvalue weighted by Crippen LogP contribution is -2.41. The first-order valence-corrected chi connectivity index (χ1v) is 7.85. The van der Waals surface area contributed by atoms with Gasteiger partial charge in [0.05, 0.1) is 12.2 Å². The zero-order valence-corrected chi connectivity index (χ0v) is 12.8. The fraction of sp³-hybridized carbons (Fsp3) is 0.400. The Morgan fingerprint density at radius 3 is 2.80 bits per heavy atom. The van der Waals surface area contributed by atoms with Crippen molar-refractivity contribution in [2.75, 3.05) is 12.9 Å². The van der Waals surface area contributed by atoms with Crippen LogP contribution in [0.4, 0.5) is 0 Å². The Labute approximate surface area is 123 Å². The van der Waals surface area contributed by atoms with E-state index >= 15 is 0 Å². The number of aliphatic hydroxyl groups is 1. The molecule has 2 aromatic rings. The second kappa shape index (κ2) is 6.33. The summed E-state index contributed by atoms with van der Waals surface area (Å²) in [7, 11) is 1.93. The number of aliphatic hydroxyl groups excluding tert-OH is 1. The molecule has 0 bridgehead atoms. The van der Waals surface area contributed by atoms with Crippen LogP contribution in [-0.2, 0) is 7.05 Å².